The lowest BCUT2D eigenvalue weighted by Gasteiger charge is -2.38. The van der Waals surface area contributed by atoms with Gasteiger partial charge in [-0.2, -0.15) is 11.8 Å². The van der Waals surface area contributed by atoms with Gasteiger partial charge in [-0.3, -0.25) is 4.79 Å². The summed E-state index contributed by atoms with van der Waals surface area (Å²) in [6.07, 6.45) is 0. The fraction of sp³-hybridized carbons (Fsp3) is 0.269. The molecule has 3 aromatic carbocycles. The van der Waals surface area contributed by atoms with Crippen LogP contribution in [0.4, 0.5) is 10.1 Å². The Morgan fingerprint density at radius 3 is 2.65 bits per heavy atom. The van der Waals surface area contributed by atoms with E-state index in [1.165, 1.54) is 24.3 Å². The number of rotatable bonds is 8. The molecule has 3 aromatic rings. The zero-order chi connectivity index (χ0) is 23.9. The summed E-state index contributed by atoms with van der Waals surface area (Å²) in [6.45, 7) is 0.504. The number of hydrogen-bond acceptors (Lipinski definition) is 6. The summed E-state index contributed by atoms with van der Waals surface area (Å²) in [5, 5.41) is 22.4. The maximum atomic E-state index is 13.9. The summed E-state index contributed by atoms with van der Waals surface area (Å²) in [7, 11) is 0. The highest BCUT2D eigenvalue weighted by molar-refractivity contribution is 7.99. The first-order valence-corrected chi connectivity index (χ1v) is 12.2. The molecule has 3 N–H and O–H groups in total. The average Bonchev–Trinajstić information content (AvgIpc) is 2.86. The van der Waals surface area contributed by atoms with Gasteiger partial charge in [0.15, 0.2) is 0 Å². The first-order valence-electron chi connectivity index (χ1n) is 11.1. The Hall–Kier alpha value is -3.23. The third kappa shape index (κ3) is 5.81. The minimum absolute atomic E-state index is 0.0419. The summed E-state index contributed by atoms with van der Waals surface area (Å²) >= 11 is 1.81. The normalized spacial score (nSPS) is 16.6. The number of aromatic hydroxyl groups is 1. The summed E-state index contributed by atoms with van der Waals surface area (Å²) in [6, 6.07) is 19.5. The van der Waals surface area contributed by atoms with Crippen molar-refractivity contribution in [2.75, 3.05) is 36.6 Å². The molecular weight excluding hydrogens is 455 g/mol. The smallest absolute Gasteiger partial charge is 0.250 e. The van der Waals surface area contributed by atoms with Crippen molar-refractivity contribution in [3.63, 3.8) is 0 Å². The van der Waals surface area contributed by atoms with E-state index in [4.69, 9.17) is 9.84 Å². The number of nitrogens with zero attached hydrogens (tertiary/aromatic N) is 1. The standard InChI is InChI=1S/C26H27FN2O4S/c27-20-8-6-19(7-9-20)25(28-21-14-22(31)16-23(15-21)33-12-11-30)26(32)29-10-13-34-17-24(29)18-4-2-1-3-5-18/h1-9,14-16,24-25,28,30-31H,10-13,17H2. The molecule has 1 saturated heterocycles. The van der Waals surface area contributed by atoms with Gasteiger partial charge in [0.05, 0.1) is 12.6 Å². The Labute approximate surface area is 202 Å². The predicted octanol–water partition coefficient (Wildman–Crippen LogP) is 4.37. The van der Waals surface area contributed by atoms with Gasteiger partial charge in [0.1, 0.15) is 30.0 Å². The fourth-order valence-corrected chi connectivity index (χ4v) is 5.10. The number of halogens is 1. The van der Waals surface area contributed by atoms with E-state index in [1.54, 1.807) is 18.2 Å². The molecule has 2 atom stereocenters. The Bertz CT molecular complexity index is 1100. The van der Waals surface area contributed by atoms with E-state index in [0.717, 1.165) is 17.1 Å². The predicted molar refractivity (Wildman–Crippen MR) is 132 cm³/mol. The molecular formula is C26H27FN2O4S. The number of amides is 1. The van der Waals surface area contributed by atoms with Crippen molar-refractivity contribution in [2.24, 2.45) is 0 Å². The second-order valence-electron chi connectivity index (χ2n) is 7.95. The lowest BCUT2D eigenvalue weighted by atomic mass is 10.0. The number of ether oxygens (including phenoxy) is 1. The van der Waals surface area contributed by atoms with Gasteiger partial charge in [-0.05, 0) is 23.3 Å². The molecule has 2 unspecified atom stereocenters. The van der Waals surface area contributed by atoms with Gasteiger partial charge >= 0.3 is 0 Å². The number of aliphatic hydroxyl groups is 1. The lowest BCUT2D eigenvalue weighted by Crippen LogP contribution is -2.44. The quantitative estimate of drug-likeness (QED) is 0.442. The summed E-state index contributed by atoms with van der Waals surface area (Å²) in [5.41, 5.74) is 2.15. The largest absolute Gasteiger partial charge is 0.508 e. The molecule has 6 nitrogen and oxygen atoms in total. The molecule has 0 saturated carbocycles. The van der Waals surface area contributed by atoms with Gasteiger partial charge in [0, 0.05) is 41.9 Å². The molecule has 0 bridgehead atoms. The monoisotopic (exact) mass is 482 g/mol. The van der Waals surface area contributed by atoms with Crippen molar-refractivity contribution >= 4 is 23.4 Å². The molecule has 1 amide bonds. The molecule has 1 aliphatic heterocycles. The third-order valence-electron chi connectivity index (χ3n) is 5.61. The molecule has 4 rings (SSSR count). The number of phenolic OH excluding ortho intramolecular Hbond substituents is 1. The van der Waals surface area contributed by atoms with Crippen molar-refractivity contribution in [1.82, 2.24) is 4.90 Å². The van der Waals surface area contributed by atoms with Crippen molar-refractivity contribution in [1.29, 1.82) is 0 Å². The minimum atomic E-state index is -0.803. The third-order valence-corrected chi connectivity index (χ3v) is 6.63. The van der Waals surface area contributed by atoms with Crippen LogP contribution in [0.1, 0.15) is 23.2 Å². The van der Waals surface area contributed by atoms with E-state index in [9.17, 15) is 14.3 Å². The lowest BCUT2D eigenvalue weighted by molar-refractivity contribution is -0.134. The van der Waals surface area contributed by atoms with Gasteiger partial charge < -0.3 is 25.2 Å². The van der Waals surface area contributed by atoms with Crippen LogP contribution in [0, 0.1) is 5.82 Å². The summed E-state index contributed by atoms with van der Waals surface area (Å²) in [5.74, 6) is 1.41. The minimum Gasteiger partial charge on any atom is -0.508 e. The summed E-state index contributed by atoms with van der Waals surface area (Å²) in [4.78, 5) is 15.8. The second kappa shape index (κ2) is 11.3. The number of nitrogens with one attached hydrogen (secondary N) is 1. The van der Waals surface area contributed by atoms with Crippen molar-refractivity contribution in [3.05, 3.63) is 89.7 Å². The molecule has 1 aliphatic rings. The van der Waals surface area contributed by atoms with Crippen LogP contribution in [-0.4, -0.2) is 52.3 Å². The Kier molecular flexibility index (Phi) is 7.92. The van der Waals surface area contributed by atoms with E-state index in [0.29, 0.717) is 23.5 Å². The number of thioether (sulfide) groups is 1. The fourth-order valence-electron chi connectivity index (χ4n) is 4.01. The van der Waals surface area contributed by atoms with Gasteiger partial charge in [-0.1, -0.05) is 42.5 Å². The van der Waals surface area contributed by atoms with Gasteiger partial charge in [0.2, 0.25) is 5.91 Å². The van der Waals surface area contributed by atoms with E-state index in [-0.39, 0.29) is 36.7 Å². The molecule has 0 aliphatic carbocycles. The van der Waals surface area contributed by atoms with Crippen LogP contribution in [0.15, 0.2) is 72.8 Å². The highest BCUT2D eigenvalue weighted by Crippen LogP contribution is 2.34. The van der Waals surface area contributed by atoms with Crippen LogP contribution < -0.4 is 10.1 Å². The molecule has 0 radical (unpaired) electrons. The zero-order valence-electron chi connectivity index (χ0n) is 18.6. The number of hydrogen-bond donors (Lipinski definition) is 3. The Morgan fingerprint density at radius 2 is 1.91 bits per heavy atom. The van der Waals surface area contributed by atoms with Gasteiger partial charge in [0.25, 0.3) is 0 Å². The van der Waals surface area contributed by atoms with E-state index in [1.807, 2.05) is 47.0 Å². The number of carbonyl (C=O) groups is 1. The number of carbonyl (C=O) groups excluding carboxylic acids is 1. The molecule has 1 heterocycles. The first-order chi connectivity index (χ1) is 16.5. The van der Waals surface area contributed by atoms with Crippen molar-refractivity contribution in [3.8, 4) is 11.5 Å². The van der Waals surface area contributed by atoms with Crippen LogP contribution in [0.25, 0.3) is 0 Å². The maximum Gasteiger partial charge on any atom is 0.250 e. The zero-order valence-corrected chi connectivity index (χ0v) is 19.4. The van der Waals surface area contributed by atoms with Crippen LogP contribution >= 0.6 is 11.8 Å². The van der Waals surface area contributed by atoms with Crippen molar-refractivity contribution < 1.29 is 24.1 Å². The van der Waals surface area contributed by atoms with Gasteiger partial charge in [-0.25, -0.2) is 4.39 Å². The molecule has 0 spiro atoms. The van der Waals surface area contributed by atoms with Crippen LogP contribution in [0.3, 0.4) is 0 Å². The van der Waals surface area contributed by atoms with Crippen LogP contribution in [0.5, 0.6) is 11.5 Å². The van der Waals surface area contributed by atoms with Crippen LogP contribution in [0.2, 0.25) is 0 Å². The molecule has 178 valence electrons. The van der Waals surface area contributed by atoms with E-state index < -0.39 is 6.04 Å². The van der Waals surface area contributed by atoms with Crippen molar-refractivity contribution in [2.45, 2.75) is 12.1 Å². The Morgan fingerprint density at radius 1 is 1.15 bits per heavy atom. The van der Waals surface area contributed by atoms with Crippen LogP contribution in [-0.2, 0) is 4.79 Å². The molecule has 1 fully saturated rings. The highest BCUT2D eigenvalue weighted by atomic mass is 32.2. The number of benzene rings is 3. The number of aliphatic hydroxyl groups excluding tert-OH is 1. The SMILES string of the molecule is O=C(C(Nc1cc(O)cc(OCCO)c1)c1ccc(F)cc1)N1CCSCC1c1ccccc1. The molecule has 0 aromatic heterocycles. The first kappa shape index (κ1) is 23.9. The summed E-state index contributed by atoms with van der Waals surface area (Å²) < 4.78 is 19.1. The average molecular weight is 483 g/mol. The maximum absolute atomic E-state index is 13.9. The van der Waals surface area contributed by atoms with Gasteiger partial charge in [-0.15, -0.1) is 0 Å². The highest BCUT2D eigenvalue weighted by Gasteiger charge is 2.33. The topological polar surface area (TPSA) is 82.0 Å². The second-order valence-corrected chi connectivity index (χ2v) is 9.10. The molecule has 8 heteroatoms. The molecule has 34 heavy (non-hydrogen) atoms. The number of phenols is 1. The van der Waals surface area contributed by atoms with E-state index >= 15 is 0 Å². The Balaban J connectivity index is 1.67. The number of anilines is 1. The van der Waals surface area contributed by atoms with E-state index in [2.05, 4.69) is 5.32 Å².